The maximum atomic E-state index is 10.7. The van der Waals surface area contributed by atoms with E-state index in [0.717, 1.165) is 0 Å². The van der Waals surface area contributed by atoms with Crippen molar-refractivity contribution in [3.05, 3.63) is 89.5 Å². The molecule has 3 N–H and O–H groups in total. The van der Waals surface area contributed by atoms with Gasteiger partial charge in [-0.2, -0.15) is 0 Å². The Morgan fingerprint density at radius 2 is 0.688 bits per heavy atom. The summed E-state index contributed by atoms with van der Waals surface area (Å²) >= 11 is 0. The Hall–Kier alpha value is -2.13. The number of carboxylic acids is 3. The van der Waals surface area contributed by atoms with Gasteiger partial charge in [0.25, 0.3) is 0 Å². The van der Waals surface area contributed by atoms with Crippen molar-refractivity contribution >= 4 is 41.0 Å². The van der Waals surface area contributed by atoms with Crippen LogP contribution < -0.4 is 66.7 Å². The molecule has 156 valence electrons. The summed E-state index contributed by atoms with van der Waals surface area (Å²) in [6.45, 7) is 0. The van der Waals surface area contributed by atoms with Gasteiger partial charge < -0.3 is 30.6 Å². The minimum Gasteiger partial charge on any atom is -0.872 e. The monoisotopic (exact) mass is 474 g/mol. The fourth-order valence-electron chi connectivity index (χ4n) is 1.93. The molecule has 0 bridgehead atoms. The molecule has 11 heteroatoms. The molecule has 3 aromatic rings. The molecule has 3 rings (SSSR count). The molecule has 3 aromatic carbocycles. The normalized spacial score (nSPS) is 8.62. The molecule has 0 fully saturated rings. The standard InChI is InChI=1S/3C7H6O3.K.Mg/c3*8-6-4-2-1-3-5(6)7(9)10;;/h3*1-4,8H,(H,9,10);;/q;;;+1;+2/p-3. The molecule has 0 atom stereocenters. The average Bonchev–Trinajstić information content (AvgIpc) is 2.69. The Balaban J connectivity index is 0. The van der Waals surface area contributed by atoms with Crippen LogP contribution in [0.5, 0.6) is 17.2 Å². The Morgan fingerprint density at radius 3 is 0.812 bits per heavy atom. The topological polar surface area (TPSA) is 181 Å². The zero-order valence-corrected chi connectivity index (χ0v) is 21.5. The summed E-state index contributed by atoms with van der Waals surface area (Å²) in [4.78, 5) is 30.7. The molecule has 0 radical (unpaired) electrons. The molecule has 0 heterocycles. The van der Waals surface area contributed by atoms with Crippen LogP contribution in [0.2, 0.25) is 0 Å². The second-order valence-corrected chi connectivity index (χ2v) is 5.40. The third-order valence-corrected chi connectivity index (χ3v) is 3.35. The van der Waals surface area contributed by atoms with E-state index in [9.17, 15) is 29.7 Å². The largest absolute Gasteiger partial charge is 2.00 e. The summed E-state index contributed by atoms with van der Waals surface area (Å²) in [7, 11) is 0. The SMILES string of the molecule is O=C(O)c1ccccc1[O-].O=C(O)c1ccccc1[O-].O=C(O)c1ccccc1[O-].[K+].[Mg+2]. The van der Waals surface area contributed by atoms with E-state index in [1.165, 1.54) is 72.8 Å². The third-order valence-electron chi connectivity index (χ3n) is 3.35. The Morgan fingerprint density at radius 1 is 0.500 bits per heavy atom. The van der Waals surface area contributed by atoms with Gasteiger partial charge in [-0.1, -0.05) is 71.8 Å². The number of carbonyl (C=O) groups is 3. The molecule has 0 spiro atoms. The Bertz CT molecular complexity index is 909. The van der Waals surface area contributed by atoms with Crippen LogP contribution in [0.1, 0.15) is 31.1 Å². The van der Waals surface area contributed by atoms with Gasteiger partial charge in [-0.25, -0.2) is 14.4 Å². The molecule has 0 aliphatic carbocycles. The molecule has 0 amide bonds. The van der Waals surface area contributed by atoms with Crippen LogP contribution in [0, 0.1) is 0 Å². The predicted octanol–water partition coefficient (Wildman–Crippen LogP) is -2.00. The van der Waals surface area contributed by atoms with E-state index >= 15 is 0 Å². The Kier molecular flexibility index (Phi) is 16.5. The van der Waals surface area contributed by atoms with Crippen LogP contribution >= 0.6 is 0 Å². The number of carboxylic acid groups (broad SMARTS) is 3. The maximum Gasteiger partial charge on any atom is 2.00 e. The number of para-hydroxylation sites is 3. The molecule has 0 aliphatic rings. The quantitative estimate of drug-likeness (QED) is 0.361. The van der Waals surface area contributed by atoms with Crippen LogP contribution in [-0.4, -0.2) is 56.3 Å². The summed E-state index contributed by atoms with van der Waals surface area (Å²) in [6, 6.07) is 16.6. The van der Waals surface area contributed by atoms with Gasteiger partial charge in [0.05, 0.1) is 16.7 Å². The van der Waals surface area contributed by atoms with E-state index < -0.39 is 35.2 Å². The number of hydrogen-bond acceptors (Lipinski definition) is 6. The first kappa shape index (κ1) is 32.1. The van der Waals surface area contributed by atoms with E-state index in [0.29, 0.717) is 0 Å². The molecule has 32 heavy (non-hydrogen) atoms. The number of hydrogen-bond donors (Lipinski definition) is 3. The minimum absolute atomic E-state index is 0. The summed E-state index contributed by atoms with van der Waals surface area (Å²) < 4.78 is 0. The molecular weight excluding hydrogens is 460 g/mol. The van der Waals surface area contributed by atoms with Crippen molar-refractivity contribution in [3.8, 4) is 17.2 Å². The zero-order valence-electron chi connectivity index (χ0n) is 16.9. The van der Waals surface area contributed by atoms with E-state index in [-0.39, 0.29) is 91.1 Å². The summed E-state index contributed by atoms with van der Waals surface area (Å²) in [5.41, 5.74) is -0.535. The summed E-state index contributed by atoms with van der Waals surface area (Å²) in [6.07, 6.45) is 0. The maximum absolute atomic E-state index is 10.7. The molecule has 0 aliphatic heterocycles. The first-order chi connectivity index (χ1) is 14.1. The average molecular weight is 475 g/mol. The van der Waals surface area contributed by atoms with Gasteiger partial charge in [0.15, 0.2) is 0 Å². The number of benzene rings is 3. The fraction of sp³-hybridized carbons (Fsp3) is 0. The van der Waals surface area contributed by atoms with Gasteiger partial charge in [0.2, 0.25) is 0 Å². The van der Waals surface area contributed by atoms with Crippen molar-refractivity contribution < 1.29 is 96.4 Å². The first-order valence-corrected chi connectivity index (χ1v) is 8.13. The van der Waals surface area contributed by atoms with Gasteiger partial charge in [-0.05, 0) is 18.2 Å². The van der Waals surface area contributed by atoms with Crippen molar-refractivity contribution in [2.24, 2.45) is 0 Å². The second kappa shape index (κ2) is 16.5. The number of aromatic carboxylic acids is 3. The van der Waals surface area contributed by atoms with Crippen LogP contribution in [0.3, 0.4) is 0 Å². The predicted molar refractivity (Wildman–Crippen MR) is 104 cm³/mol. The summed E-state index contributed by atoms with van der Waals surface area (Å²) in [5.74, 6) is -4.87. The van der Waals surface area contributed by atoms with Crippen LogP contribution in [0.15, 0.2) is 72.8 Å². The van der Waals surface area contributed by atoms with Crippen molar-refractivity contribution in [1.29, 1.82) is 0 Å². The van der Waals surface area contributed by atoms with Gasteiger partial charge in [0.1, 0.15) is 0 Å². The smallest absolute Gasteiger partial charge is 0.872 e. The molecule has 0 aromatic heterocycles. The number of rotatable bonds is 3. The molecule has 0 unspecified atom stereocenters. The first-order valence-electron chi connectivity index (χ1n) is 8.13. The fourth-order valence-corrected chi connectivity index (χ4v) is 1.93. The van der Waals surface area contributed by atoms with Crippen molar-refractivity contribution in [2.45, 2.75) is 0 Å². The Labute approximate surface area is 241 Å². The van der Waals surface area contributed by atoms with Crippen molar-refractivity contribution in [2.75, 3.05) is 0 Å². The van der Waals surface area contributed by atoms with E-state index in [4.69, 9.17) is 15.3 Å². The molecule has 0 saturated carbocycles. The van der Waals surface area contributed by atoms with Crippen molar-refractivity contribution in [1.82, 2.24) is 0 Å². The molecular formula is C21H15KMgO9. The van der Waals surface area contributed by atoms with Crippen LogP contribution in [0.4, 0.5) is 0 Å². The van der Waals surface area contributed by atoms with Gasteiger partial charge >= 0.3 is 92.3 Å². The van der Waals surface area contributed by atoms with Crippen molar-refractivity contribution in [3.63, 3.8) is 0 Å². The van der Waals surface area contributed by atoms with E-state index in [1.807, 2.05) is 0 Å². The minimum atomic E-state index is -1.18. The second-order valence-electron chi connectivity index (χ2n) is 5.40. The van der Waals surface area contributed by atoms with E-state index in [1.54, 1.807) is 0 Å². The summed E-state index contributed by atoms with van der Waals surface area (Å²) in [5, 5.41) is 57.1. The van der Waals surface area contributed by atoms with Gasteiger partial charge in [-0.3, -0.25) is 0 Å². The third kappa shape index (κ3) is 11.0. The van der Waals surface area contributed by atoms with Crippen LogP contribution in [0.25, 0.3) is 0 Å². The van der Waals surface area contributed by atoms with Gasteiger partial charge in [-0.15, -0.1) is 0 Å². The van der Waals surface area contributed by atoms with Gasteiger partial charge in [0, 0.05) is 0 Å². The van der Waals surface area contributed by atoms with Crippen LogP contribution in [-0.2, 0) is 0 Å². The molecule has 0 saturated heterocycles. The molecule has 9 nitrogen and oxygen atoms in total. The zero-order chi connectivity index (χ0) is 22.7. The van der Waals surface area contributed by atoms with E-state index in [2.05, 4.69) is 0 Å².